The molecule has 0 aliphatic rings. The molecule has 0 heterocycles. The minimum atomic E-state index is 0.444. The number of rotatable bonds is 3. The van der Waals surface area contributed by atoms with Gasteiger partial charge in [0.15, 0.2) is 11.1 Å². The summed E-state index contributed by atoms with van der Waals surface area (Å²) in [4.78, 5) is 14.6. The first-order valence-electron chi connectivity index (χ1n) is 5.96. The van der Waals surface area contributed by atoms with Gasteiger partial charge in [-0.1, -0.05) is 54.6 Å². The van der Waals surface area contributed by atoms with Crippen molar-refractivity contribution in [3.63, 3.8) is 0 Å². The van der Waals surface area contributed by atoms with Crippen LogP contribution in [0.3, 0.4) is 0 Å². The summed E-state index contributed by atoms with van der Waals surface area (Å²) in [7, 11) is 0. The monoisotopic (exact) mass is 249 g/mol. The van der Waals surface area contributed by atoms with E-state index in [1.165, 1.54) is 10.8 Å². The van der Waals surface area contributed by atoms with E-state index in [2.05, 4.69) is 34.4 Å². The van der Waals surface area contributed by atoms with Gasteiger partial charge in [0.2, 0.25) is 0 Å². The molecular formula is C16H11NO2. The van der Waals surface area contributed by atoms with E-state index in [1.54, 1.807) is 12.1 Å². The molecule has 0 saturated carbocycles. The van der Waals surface area contributed by atoms with Crippen molar-refractivity contribution in [2.75, 3.05) is 0 Å². The molecule has 3 heteroatoms. The van der Waals surface area contributed by atoms with Gasteiger partial charge in [0.25, 0.3) is 0 Å². The Kier molecular flexibility index (Phi) is 2.94. The molecular weight excluding hydrogens is 238 g/mol. The van der Waals surface area contributed by atoms with Crippen LogP contribution in [0.15, 0.2) is 72.1 Å². The van der Waals surface area contributed by atoms with E-state index < -0.39 is 0 Å². The minimum absolute atomic E-state index is 0.444. The highest BCUT2D eigenvalue weighted by atomic mass is 16.7. The van der Waals surface area contributed by atoms with E-state index in [4.69, 9.17) is 0 Å². The summed E-state index contributed by atoms with van der Waals surface area (Å²) < 4.78 is 0. The van der Waals surface area contributed by atoms with Gasteiger partial charge in [0.05, 0.1) is 0 Å². The topological polar surface area (TPSA) is 38.7 Å². The Morgan fingerprint density at radius 1 is 0.789 bits per heavy atom. The molecule has 92 valence electrons. The first-order valence-corrected chi connectivity index (χ1v) is 5.96. The van der Waals surface area contributed by atoms with Gasteiger partial charge < -0.3 is 4.84 Å². The molecule has 3 nitrogen and oxygen atoms in total. The highest BCUT2D eigenvalue weighted by Gasteiger charge is 2.03. The Labute approximate surface area is 110 Å². The molecule has 0 radical (unpaired) electrons. The summed E-state index contributed by atoms with van der Waals surface area (Å²) in [5.74, 6) is 0.444. The van der Waals surface area contributed by atoms with Crippen LogP contribution < -0.4 is 4.84 Å². The van der Waals surface area contributed by atoms with Crippen LogP contribution in [0, 0.1) is 4.91 Å². The summed E-state index contributed by atoms with van der Waals surface area (Å²) in [5, 5.41) is 4.81. The highest BCUT2D eigenvalue weighted by molar-refractivity contribution is 5.96. The second-order valence-electron chi connectivity index (χ2n) is 4.22. The summed E-state index contributed by atoms with van der Waals surface area (Å²) in [6.45, 7) is 0. The molecule has 0 spiro atoms. The van der Waals surface area contributed by atoms with E-state index in [0.29, 0.717) is 5.75 Å². The number of benzene rings is 3. The Bertz CT molecular complexity index is 715. The fraction of sp³-hybridized carbons (Fsp3) is 0. The van der Waals surface area contributed by atoms with Crippen molar-refractivity contribution < 1.29 is 4.84 Å². The zero-order valence-electron chi connectivity index (χ0n) is 10.1. The third-order valence-corrected chi connectivity index (χ3v) is 3.10. The lowest BCUT2D eigenvalue weighted by atomic mass is 9.98. The first kappa shape index (κ1) is 11.4. The van der Waals surface area contributed by atoms with Crippen LogP contribution in [0.2, 0.25) is 0 Å². The normalized spacial score (nSPS) is 10.3. The summed E-state index contributed by atoms with van der Waals surface area (Å²) in [6, 6.07) is 21.8. The zero-order chi connectivity index (χ0) is 13.1. The van der Waals surface area contributed by atoms with Crippen LogP contribution in [0.5, 0.6) is 5.75 Å². The number of nitrogens with zero attached hydrogens (tertiary/aromatic N) is 1. The van der Waals surface area contributed by atoms with Gasteiger partial charge in [0.1, 0.15) is 0 Å². The molecule has 0 aromatic heterocycles. The fourth-order valence-corrected chi connectivity index (χ4v) is 2.22. The maximum atomic E-state index is 10.0. The molecule has 3 aromatic carbocycles. The Morgan fingerprint density at radius 2 is 1.53 bits per heavy atom. The van der Waals surface area contributed by atoms with Gasteiger partial charge in [-0.2, -0.15) is 0 Å². The average Bonchev–Trinajstić information content (AvgIpc) is 2.48. The van der Waals surface area contributed by atoms with Gasteiger partial charge in [-0.15, -0.1) is 4.91 Å². The van der Waals surface area contributed by atoms with Crippen molar-refractivity contribution in [2.24, 2.45) is 5.34 Å². The summed E-state index contributed by atoms with van der Waals surface area (Å²) in [5.41, 5.74) is 2.23. The molecule has 0 N–H and O–H groups in total. The third-order valence-electron chi connectivity index (χ3n) is 3.10. The van der Waals surface area contributed by atoms with Gasteiger partial charge >= 0.3 is 0 Å². The van der Waals surface area contributed by atoms with Gasteiger partial charge in [-0.3, -0.25) is 0 Å². The quantitative estimate of drug-likeness (QED) is 0.504. The second-order valence-corrected chi connectivity index (χ2v) is 4.22. The lowest BCUT2D eigenvalue weighted by Gasteiger charge is -2.07. The van der Waals surface area contributed by atoms with Crippen LogP contribution in [0.4, 0.5) is 0 Å². The van der Waals surface area contributed by atoms with E-state index in [9.17, 15) is 4.91 Å². The largest absolute Gasteiger partial charge is 0.324 e. The van der Waals surface area contributed by atoms with Crippen LogP contribution in [0.25, 0.3) is 21.9 Å². The molecule has 3 rings (SSSR count). The fourth-order valence-electron chi connectivity index (χ4n) is 2.22. The van der Waals surface area contributed by atoms with Crippen LogP contribution in [0.1, 0.15) is 0 Å². The predicted octanol–water partition coefficient (Wildman–Crippen LogP) is 4.57. The molecule has 0 atom stereocenters. The highest BCUT2D eigenvalue weighted by Crippen LogP contribution is 2.29. The standard InChI is InChI=1S/C16H11NO2/c18-17-19-14-10-8-13(9-11-14)16-7-3-5-12-4-1-2-6-15(12)16/h1-11H. The van der Waals surface area contributed by atoms with Gasteiger partial charge in [0, 0.05) is 0 Å². The van der Waals surface area contributed by atoms with Crippen molar-refractivity contribution in [3.05, 3.63) is 71.6 Å². The lowest BCUT2D eigenvalue weighted by Crippen LogP contribution is -1.83. The van der Waals surface area contributed by atoms with Gasteiger partial charge in [-0.05, 0) is 34.0 Å². The molecule has 0 fully saturated rings. The van der Waals surface area contributed by atoms with E-state index in [0.717, 1.165) is 11.1 Å². The van der Waals surface area contributed by atoms with Crippen LogP contribution in [-0.2, 0) is 0 Å². The third kappa shape index (κ3) is 2.18. The molecule has 0 saturated heterocycles. The van der Waals surface area contributed by atoms with Crippen molar-refractivity contribution >= 4 is 10.8 Å². The Balaban J connectivity index is 2.11. The van der Waals surface area contributed by atoms with E-state index in [1.807, 2.05) is 30.3 Å². The molecule has 3 aromatic rings. The first-order chi connectivity index (χ1) is 9.38. The van der Waals surface area contributed by atoms with Crippen LogP contribution >= 0.6 is 0 Å². The zero-order valence-corrected chi connectivity index (χ0v) is 10.1. The summed E-state index contributed by atoms with van der Waals surface area (Å²) in [6.07, 6.45) is 0. The summed E-state index contributed by atoms with van der Waals surface area (Å²) >= 11 is 0. The molecule has 0 unspecified atom stereocenters. The van der Waals surface area contributed by atoms with Crippen molar-refractivity contribution in [1.82, 2.24) is 0 Å². The molecule has 19 heavy (non-hydrogen) atoms. The number of hydrogen-bond acceptors (Lipinski definition) is 3. The molecule has 0 amide bonds. The number of fused-ring (bicyclic) bond motifs is 1. The molecule has 0 bridgehead atoms. The maximum absolute atomic E-state index is 10.0. The van der Waals surface area contributed by atoms with E-state index in [-0.39, 0.29) is 0 Å². The lowest BCUT2D eigenvalue weighted by molar-refractivity contribution is 0.335. The van der Waals surface area contributed by atoms with Crippen molar-refractivity contribution in [1.29, 1.82) is 0 Å². The maximum Gasteiger partial charge on any atom is 0.161 e. The number of hydrogen-bond donors (Lipinski definition) is 0. The Hall–Kier alpha value is -2.68. The second kappa shape index (κ2) is 4.90. The SMILES string of the molecule is O=NOc1ccc(-c2cccc3ccccc23)cc1. The smallest absolute Gasteiger partial charge is 0.161 e. The van der Waals surface area contributed by atoms with E-state index >= 15 is 0 Å². The molecule has 0 aliphatic heterocycles. The average molecular weight is 249 g/mol. The van der Waals surface area contributed by atoms with Crippen molar-refractivity contribution in [2.45, 2.75) is 0 Å². The van der Waals surface area contributed by atoms with Gasteiger partial charge in [-0.25, -0.2) is 0 Å². The minimum Gasteiger partial charge on any atom is -0.324 e. The Morgan fingerprint density at radius 3 is 2.32 bits per heavy atom. The predicted molar refractivity (Wildman–Crippen MR) is 75.8 cm³/mol. The molecule has 0 aliphatic carbocycles. The van der Waals surface area contributed by atoms with Crippen molar-refractivity contribution in [3.8, 4) is 16.9 Å². The van der Waals surface area contributed by atoms with Crippen LogP contribution in [-0.4, -0.2) is 0 Å².